The number of benzene rings is 3. The first-order valence-corrected chi connectivity index (χ1v) is 12.1. The second-order valence-electron chi connectivity index (χ2n) is 7.31. The number of hydrogen-bond donors (Lipinski definition) is 2. The van der Waals surface area contributed by atoms with Crippen LogP contribution < -0.4 is 15.4 Å². The van der Waals surface area contributed by atoms with Gasteiger partial charge in [-0.3, -0.25) is 9.59 Å². The number of amides is 2. The number of fused-ring (bicyclic) bond motifs is 1. The quantitative estimate of drug-likeness (QED) is 0.494. The largest absolute Gasteiger partial charge is 0.489 e. The van der Waals surface area contributed by atoms with E-state index in [1.807, 2.05) is 13.0 Å². The number of nitrogens with one attached hydrogen (secondary N) is 2. The van der Waals surface area contributed by atoms with Crippen molar-refractivity contribution in [3.05, 3.63) is 77.9 Å². The van der Waals surface area contributed by atoms with E-state index in [0.717, 1.165) is 4.90 Å². The van der Waals surface area contributed by atoms with E-state index in [9.17, 15) is 21.9 Å². The zero-order valence-corrected chi connectivity index (χ0v) is 19.0. The summed E-state index contributed by atoms with van der Waals surface area (Å²) in [6, 6.07) is 17.2. The molecule has 4 rings (SSSR count). The fraction of sp³-hybridized carbons (Fsp3) is 0.130. The topological polar surface area (TPSA) is 102 Å². The van der Waals surface area contributed by atoms with Crippen LogP contribution in [0.4, 0.5) is 15.3 Å². The molecule has 2 amide bonds. The van der Waals surface area contributed by atoms with Crippen molar-refractivity contribution in [2.45, 2.75) is 28.6 Å². The van der Waals surface area contributed by atoms with E-state index in [1.54, 1.807) is 42.5 Å². The molecule has 0 bridgehead atoms. The van der Waals surface area contributed by atoms with Gasteiger partial charge < -0.3 is 15.4 Å². The van der Waals surface area contributed by atoms with Gasteiger partial charge in [-0.1, -0.05) is 12.1 Å². The number of ether oxygens (including phenoxy) is 1. The van der Waals surface area contributed by atoms with E-state index in [0.29, 0.717) is 28.3 Å². The second kappa shape index (κ2) is 9.24. The lowest BCUT2D eigenvalue weighted by atomic mass is 10.1. The highest BCUT2D eigenvalue weighted by atomic mass is 32.3. The molecule has 0 saturated carbocycles. The smallest absolute Gasteiger partial charge is 0.332 e. The number of thioether (sulfide) groups is 1. The summed E-state index contributed by atoms with van der Waals surface area (Å²) >= 11 is 1.44. The van der Waals surface area contributed by atoms with Crippen LogP contribution in [0, 0.1) is 0 Å². The Bertz CT molecular complexity index is 1330. The van der Waals surface area contributed by atoms with E-state index in [-0.39, 0.29) is 23.7 Å². The molecule has 1 unspecified atom stereocenters. The van der Waals surface area contributed by atoms with Gasteiger partial charge in [0.05, 0.1) is 15.8 Å². The first-order valence-electron chi connectivity index (χ1n) is 9.88. The number of anilines is 2. The average molecular weight is 487 g/mol. The summed E-state index contributed by atoms with van der Waals surface area (Å²) in [6.07, 6.45) is 0. The molecule has 0 radical (unpaired) electrons. The summed E-state index contributed by atoms with van der Waals surface area (Å²) in [7, 11) is -4.78. The van der Waals surface area contributed by atoms with Gasteiger partial charge in [0.25, 0.3) is 5.91 Å². The molecular weight excluding hydrogens is 467 g/mol. The summed E-state index contributed by atoms with van der Waals surface area (Å²) in [5, 5.41) is 5.41. The third-order valence-corrected chi connectivity index (χ3v) is 6.86. The number of carbonyl (C=O) groups excluding carboxylic acids is 2. The molecule has 2 N–H and O–H groups in total. The minimum absolute atomic E-state index is 0.0482. The molecular formula is C23H19FN2O5S2. The van der Waals surface area contributed by atoms with Gasteiger partial charge in [0.2, 0.25) is 5.91 Å². The van der Waals surface area contributed by atoms with Gasteiger partial charge in [-0.05, 0) is 67.1 Å². The molecule has 1 heterocycles. The van der Waals surface area contributed by atoms with Crippen LogP contribution in [0.25, 0.3) is 0 Å². The number of hydrogen-bond acceptors (Lipinski definition) is 6. The Hall–Kier alpha value is -3.37. The van der Waals surface area contributed by atoms with Crippen LogP contribution in [0.15, 0.2) is 76.5 Å². The Balaban J connectivity index is 1.38. The zero-order chi connectivity index (χ0) is 23.6. The van der Waals surface area contributed by atoms with Crippen LogP contribution in [-0.2, 0) is 21.6 Å². The lowest BCUT2D eigenvalue weighted by Gasteiger charge is -2.21. The third-order valence-electron chi connectivity index (χ3n) is 4.87. The molecule has 170 valence electrons. The molecule has 1 aliphatic rings. The van der Waals surface area contributed by atoms with Crippen molar-refractivity contribution in [2.75, 3.05) is 10.6 Å². The Morgan fingerprint density at radius 1 is 1.12 bits per heavy atom. The Kier molecular flexibility index (Phi) is 6.39. The molecule has 33 heavy (non-hydrogen) atoms. The first-order chi connectivity index (χ1) is 15.7. The normalized spacial score (nSPS) is 15.3. The SMILES string of the molecule is CC1Sc2ccc(C(=O)Nc3ccc(OCc4cccc(S(=O)(=O)F)c4)cc3)cc2NC1=O. The fourth-order valence-electron chi connectivity index (χ4n) is 3.14. The molecule has 1 aliphatic heterocycles. The van der Waals surface area contributed by atoms with E-state index >= 15 is 0 Å². The second-order valence-corrected chi connectivity index (χ2v) is 10.0. The van der Waals surface area contributed by atoms with Crippen LogP contribution >= 0.6 is 11.8 Å². The van der Waals surface area contributed by atoms with Crippen LogP contribution in [-0.4, -0.2) is 25.5 Å². The van der Waals surface area contributed by atoms with Crippen molar-refractivity contribution in [3.63, 3.8) is 0 Å². The number of carbonyl (C=O) groups is 2. The molecule has 0 aliphatic carbocycles. The van der Waals surface area contributed by atoms with Crippen molar-refractivity contribution < 1.29 is 26.6 Å². The predicted molar refractivity (Wildman–Crippen MR) is 124 cm³/mol. The molecule has 10 heteroatoms. The zero-order valence-electron chi connectivity index (χ0n) is 17.4. The van der Waals surface area contributed by atoms with Crippen molar-refractivity contribution in [1.29, 1.82) is 0 Å². The highest BCUT2D eigenvalue weighted by Gasteiger charge is 2.23. The molecule has 3 aromatic rings. The molecule has 0 aromatic heterocycles. The Labute approximate surface area is 194 Å². The van der Waals surface area contributed by atoms with Gasteiger partial charge in [-0.25, -0.2) is 0 Å². The first kappa shape index (κ1) is 22.8. The molecule has 3 aromatic carbocycles. The molecule has 0 fully saturated rings. The minimum atomic E-state index is -4.78. The van der Waals surface area contributed by atoms with Gasteiger partial charge in [-0.2, -0.15) is 8.42 Å². The van der Waals surface area contributed by atoms with E-state index in [2.05, 4.69) is 10.6 Å². The summed E-state index contributed by atoms with van der Waals surface area (Å²) in [5.41, 5.74) is 2.07. The van der Waals surface area contributed by atoms with E-state index < -0.39 is 15.1 Å². The van der Waals surface area contributed by atoms with Gasteiger partial charge in [0, 0.05) is 16.1 Å². The highest BCUT2D eigenvalue weighted by Crippen LogP contribution is 2.36. The van der Waals surface area contributed by atoms with E-state index in [4.69, 9.17) is 4.74 Å². The molecule has 0 spiro atoms. The minimum Gasteiger partial charge on any atom is -0.489 e. The van der Waals surface area contributed by atoms with Crippen molar-refractivity contribution in [3.8, 4) is 5.75 Å². The van der Waals surface area contributed by atoms with Gasteiger partial charge >= 0.3 is 10.2 Å². The van der Waals surface area contributed by atoms with Gasteiger partial charge in [0.15, 0.2) is 0 Å². The lowest BCUT2D eigenvalue weighted by Crippen LogP contribution is -2.26. The van der Waals surface area contributed by atoms with Gasteiger partial charge in [0.1, 0.15) is 12.4 Å². The van der Waals surface area contributed by atoms with Crippen LogP contribution in [0.2, 0.25) is 0 Å². The summed E-state index contributed by atoms with van der Waals surface area (Å²) < 4.78 is 40.8. The molecule has 1 atom stereocenters. The highest BCUT2D eigenvalue weighted by molar-refractivity contribution is 8.01. The van der Waals surface area contributed by atoms with E-state index in [1.165, 1.54) is 30.0 Å². The maximum absolute atomic E-state index is 13.1. The maximum atomic E-state index is 13.1. The monoisotopic (exact) mass is 486 g/mol. The summed E-state index contributed by atoms with van der Waals surface area (Å²) in [4.78, 5) is 25.0. The average Bonchev–Trinajstić information content (AvgIpc) is 2.79. The number of rotatable bonds is 6. The van der Waals surface area contributed by atoms with Gasteiger partial charge in [-0.15, -0.1) is 15.6 Å². The van der Waals surface area contributed by atoms with Crippen LogP contribution in [0.5, 0.6) is 5.75 Å². The summed E-state index contributed by atoms with van der Waals surface area (Å²) in [5.74, 6) is 0.0661. The van der Waals surface area contributed by atoms with Crippen molar-refractivity contribution in [2.24, 2.45) is 0 Å². The predicted octanol–water partition coefficient (Wildman–Crippen LogP) is 4.61. The van der Waals surface area contributed by atoms with Crippen molar-refractivity contribution >= 4 is 45.2 Å². The maximum Gasteiger partial charge on any atom is 0.332 e. The van der Waals surface area contributed by atoms with Crippen LogP contribution in [0.3, 0.4) is 0 Å². The number of halogens is 1. The lowest BCUT2D eigenvalue weighted by molar-refractivity contribution is -0.115. The summed E-state index contributed by atoms with van der Waals surface area (Å²) in [6.45, 7) is 1.87. The fourth-order valence-corrected chi connectivity index (χ4v) is 4.61. The van der Waals surface area contributed by atoms with Crippen LogP contribution in [0.1, 0.15) is 22.8 Å². The van der Waals surface area contributed by atoms with Crippen molar-refractivity contribution in [1.82, 2.24) is 0 Å². The molecule has 0 saturated heterocycles. The molecule has 7 nitrogen and oxygen atoms in total. The Morgan fingerprint density at radius 3 is 2.61 bits per heavy atom. The standard InChI is InChI=1S/C23H19FN2O5S2/c1-14-22(27)26-20-12-16(5-10-21(20)32-14)23(28)25-17-6-8-18(9-7-17)31-13-15-3-2-4-19(11-15)33(24,29)30/h2-12,14H,13H2,1H3,(H,25,28)(H,26,27). The third kappa shape index (κ3) is 5.52. The Morgan fingerprint density at radius 2 is 1.88 bits per heavy atom.